The van der Waals surface area contributed by atoms with E-state index >= 15 is 0 Å². The third kappa shape index (κ3) is 4.20. The summed E-state index contributed by atoms with van der Waals surface area (Å²) in [6.45, 7) is 0.340. The number of hydrogen-bond donors (Lipinski definition) is 2. The highest BCUT2D eigenvalue weighted by molar-refractivity contribution is 6.30. The monoisotopic (exact) mass is 294 g/mol. The van der Waals surface area contributed by atoms with Gasteiger partial charge in [0.1, 0.15) is 18.2 Å². The lowest BCUT2D eigenvalue weighted by molar-refractivity contribution is 0.263. The first-order valence-electron chi connectivity index (χ1n) is 6.27. The Balaban J connectivity index is 1.97. The molecule has 5 heteroatoms. The van der Waals surface area contributed by atoms with Crippen LogP contribution in [0.1, 0.15) is 5.56 Å². The van der Waals surface area contributed by atoms with Crippen LogP contribution in [-0.4, -0.2) is 12.6 Å². The van der Waals surface area contributed by atoms with Crippen molar-refractivity contribution in [3.8, 4) is 5.75 Å². The maximum absolute atomic E-state index is 13.7. The van der Waals surface area contributed by atoms with E-state index in [1.54, 1.807) is 6.07 Å². The number of para-hydroxylation sites is 1. The Hall–Kier alpha value is -1.62. The SMILES string of the molecule is NNC(COc1ccccc1)Cc1cc(Cl)ccc1F. The van der Waals surface area contributed by atoms with Gasteiger partial charge in [-0.1, -0.05) is 29.8 Å². The van der Waals surface area contributed by atoms with Crippen molar-refractivity contribution in [3.05, 3.63) is 64.9 Å². The Morgan fingerprint density at radius 2 is 1.95 bits per heavy atom. The van der Waals surface area contributed by atoms with E-state index in [1.807, 2.05) is 30.3 Å². The van der Waals surface area contributed by atoms with Gasteiger partial charge in [-0.25, -0.2) is 4.39 Å². The second-order valence-electron chi connectivity index (χ2n) is 4.43. The minimum absolute atomic E-state index is 0.205. The summed E-state index contributed by atoms with van der Waals surface area (Å²) in [6, 6.07) is 13.7. The van der Waals surface area contributed by atoms with E-state index in [9.17, 15) is 4.39 Å². The summed E-state index contributed by atoms with van der Waals surface area (Å²) in [5.41, 5.74) is 3.14. The Labute approximate surface area is 122 Å². The smallest absolute Gasteiger partial charge is 0.126 e. The van der Waals surface area contributed by atoms with Crippen LogP contribution in [0, 0.1) is 5.82 Å². The molecule has 106 valence electrons. The number of nitrogens with two attached hydrogens (primary N) is 1. The summed E-state index contributed by atoms with van der Waals surface area (Å²) in [7, 11) is 0. The van der Waals surface area contributed by atoms with E-state index in [4.69, 9.17) is 22.2 Å². The lowest BCUT2D eigenvalue weighted by Crippen LogP contribution is -2.41. The number of halogens is 2. The first-order chi connectivity index (χ1) is 9.69. The summed E-state index contributed by atoms with van der Waals surface area (Å²) in [5.74, 6) is 5.94. The molecule has 1 atom stereocenters. The fraction of sp³-hybridized carbons (Fsp3) is 0.200. The molecule has 20 heavy (non-hydrogen) atoms. The van der Waals surface area contributed by atoms with Gasteiger partial charge in [-0.2, -0.15) is 0 Å². The first kappa shape index (κ1) is 14.8. The molecule has 0 aliphatic carbocycles. The molecule has 1 unspecified atom stereocenters. The second kappa shape index (κ2) is 7.24. The topological polar surface area (TPSA) is 47.3 Å². The van der Waals surface area contributed by atoms with Crippen molar-refractivity contribution >= 4 is 11.6 Å². The van der Waals surface area contributed by atoms with Crippen LogP contribution < -0.4 is 16.0 Å². The summed E-state index contributed by atoms with van der Waals surface area (Å²) in [5, 5.41) is 0.501. The zero-order valence-corrected chi connectivity index (χ0v) is 11.6. The van der Waals surface area contributed by atoms with Gasteiger partial charge in [0.2, 0.25) is 0 Å². The van der Waals surface area contributed by atoms with Gasteiger partial charge in [0.05, 0.1) is 6.04 Å². The third-order valence-electron chi connectivity index (χ3n) is 2.90. The maximum atomic E-state index is 13.7. The maximum Gasteiger partial charge on any atom is 0.126 e. The van der Waals surface area contributed by atoms with E-state index in [1.165, 1.54) is 12.1 Å². The van der Waals surface area contributed by atoms with Crippen molar-refractivity contribution in [2.24, 2.45) is 5.84 Å². The highest BCUT2D eigenvalue weighted by atomic mass is 35.5. The molecular weight excluding hydrogens is 279 g/mol. The molecule has 3 N–H and O–H groups in total. The lowest BCUT2D eigenvalue weighted by Gasteiger charge is -2.17. The van der Waals surface area contributed by atoms with Gasteiger partial charge in [-0.15, -0.1) is 0 Å². The summed E-state index contributed by atoms with van der Waals surface area (Å²) in [4.78, 5) is 0. The van der Waals surface area contributed by atoms with Crippen molar-refractivity contribution in [1.82, 2.24) is 5.43 Å². The first-order valence-corrected chi connectivity index (χ1v) is 6.64. The zero-order valence-electron chi connectivity index (χ0n) is 10.9. The standard InChI is InChI=1S/C15H16ClFN2O/c16-12-6-7-15(17)11(8-12)9-13(19-18)10-20-14-4-2-1-3-5-14/h1-8,13,19H,9-10,18H2. The van der Waals surface area contributed by atoms with Gasteiger partial charge in [-0.05, 0) is 42.3 Å². The molecule has 0 amide bonds. The molecule has 3 nitrogen and oxygen atoms in total. The highest BCUT2D eigenvalue weighted by Crippen LogP contribution is 2.17. The molecule has 0 radical (unpaired) electrons. The van der Waals surface area contributed by atoms with Gasteiger partial charge >= 0.3 is 0 Å². The second-order valence-corrected chi connectivity index (χ2v) is 4.86. The molecule has 0 fully saturated rings. The number of hydrogen-bond acceptors (Lipinski definition) is 3. The molecule has 0 spiro atoms. The summed E-state index contributed by atoms with van der Waals surface area (Å²) >= 11 is 5.87. The van der Waals surface area contributed by atoms with Gasteiger partial charge < -0.3 is 4.74 Å². The van der Waals surface area contributed by atoms with Gasteiger partial charge in [0.15, 0.2) is 0 Å². The van der Waals surface area contributed by atoms with Crippen LogP contribution in [0.15, 0.2) is 48.5 Å². The van der Waals surface area contributed by atoms with E-state index in [0.717, 1.165) is 5.75 Å². The lowest BCUT2D eigenvalue weighted by atomic mass is 10.1. The quantitative estimate of drug-likeness (QED) is 0.636. The number of rotatable bonds is 6. The van der Waals surface area contributed by atoms with Crippen LogP contribution in [-0.2, 0) is 6.42 Å². The minimum atomic E-state index is -0.297. The van der Waals surface area contributed by atoms with Gasteiger partial charge in [0, 0.05) is 5.02 Å². The normalized spacial score (nSPS) is 12.2. The molecule has 2 aromatic rings. The van der Waals surface area contributed by atoms with Crippen molar-refractivity contribution in [2.75, 3.05) is 6.61 Å². The fourth-order valence-corrected chi connectivity index (χ4v) is 2.04. The van der Waals surface area contributed by atoms with Crippen LogP contribution in [0.3, 0.4) is 0 Å². The molecule has 0 aliphatic heterocycles. The van der Waals surface area contributed by atoms with Crippen molar-refractivity contribution < 1.29 is 9.13 Å². The van der Waals surface area contributed by atoms with Crippen LogP contribution >= 0.6 is 11.6 Å². The number of nitrogens with one attached hydrogen (secondary N) is 1. The van der Waals surface area contributed by atoms with Crippen LogP contribution in [0.4, 0.5) is 4.39 Å². The van der Waals surface area contributed by atoms with Gasteiger partial charge in [0.25, 0.3) is 0 Å². The van der Waals surface area contributed by atoms with Crippen molar-refractivity contribution in [3.63, 3.8) is 0 Å². The summed E-state index contributed by atoms with van der Waals surface area (Å²) in [6.07, 6.45) is 0.399. The highest BCUT2D eigenvalue weighted by Gasteiger charge is 2.12. The van der Waals surface area contributed by atoms with Gasteiger partial charge in [-0.3, -0.25) is 11.3 Å². The molecule has 0 aliphatic rings. The number of ether oxygens (including phenoxy) is 1. The summed E-state index contributed by atoms with van der Waals surface area (Å²) < 4.78 is 19.3. The average molecular weight is 295 g/mol. The Bertz CT molecular complexity index is 551. The molecule has 0 heterocycles. The van der Waals surface area contributed by atoms with Crippen molar-refractivity contribution in [2.45, 2.75) is 12.5 Å². The number of benzene rings is 2. The molecule has 0 aromatic heterocycles. The Kier molecular flexibility index (Phi) is 5.35. The molecule has 2 aromatic carbocycles. The zero-order chi connectivity index (χ0) is 14.4. The van der Waals surface area contributed by atoms with Crippen LogP contribution in [0.25, 0.3) is 0 Å². The molecule has 0 saturated heterocycles. The van der Waals surface area contributed by atoms with E-state index in [0.29, 0.717) is 23.6 Å². The van der Waals surface area contributed by atoms with E-state index < -0.39 is 0 Å². The third-order valence-corrected chi connectivity index (χ3v) is 3.14. The fourth-order valence-electron chi connectivity index (χ4n) is 1.84. The Morgan fingerprint density at radius 3 is 2.65 bits per heavy atom. The van der Waals surface area contributed by atoms with Crippen molar-refractivity contribution in [1.29, 1.82) is 0 Å². The van der Waals surface area contributed by atoms with E-state index in [2.05, 4.69) is 5.43 Å². The molecule has 2 rings (SSSR count). The predicted molar refractivity (Wildman–Crippen MR) is 78.2 cm³/mol. The number of hydrazine groups is 1. The molecular formula is C15H16ClFN2O. The minimum Gasteiger partial charge on any atom is -0.492 e. The van der Waals surface area contributed by atoms with E-state index in [-0.39, 0.29) is 11.9 Å². The Morgan fingerprint density at radius 1 is 1.20 bits per heavy atom. The van der Waals surface area contributed by atoms with Crippen LogP contribution in [0.5, 0.6) is 5.75 Å². The average Bonchev–Trinajstić information content (AvgIpc) is 2.48. The van der Waals surface area contributed by atoms with Crippen LogP contribution in [0.2, 0.25) is 5.02 Å². The predicted octanol–water partition coefficient (Wildman–Crippen LogP) is 2.93. The molecule has 0 saturated carbocycles. The molecule has 0 bridgehead atoms. The largest absolute Gasteiger partial charge is 0.492 e.